The van der Waals surface area contributed by atoms with E-state index in [-0.39, 0.29) is 12.5 Å². The van der Waals surface area contributed by atoms with Crippen molar-refractivity contribution in [2.45, 2.75) is 12.8 Å². The molecule has 0 aliphatic carbocycles. The number of amides is 1. The van der Waals surface area contributed by atoms with Crippen molar-refractivity contribution in [1.29, 1.82) is 0 Å². The van der Waals surface area contributed by atoms with Gasteiger partial charge in [-0.3, -0.25) is 4.79 Å². The van der Waals surface area contributed by atoms with Crippen LogP contribution < -0.4 is 0 Å². The zero-order valence-electron chi connectivity index (χ0n) is 10.7. The van der Waals surface area contributed by atoms with Crippen LogP contribution in [0.4, 0.5) is 0 Å². The first-order chi connectivity index (χ1) is 9.28. The molecule has 100 valence electrons. The van der Waals surface area contributed by atoms with Crippen LogP contribution in [0.5, 0.6) is 0 Å². The van der Waals surface area contributed by atoms with Gasteiger partial charge >= 0.3 is 0 Å². The molecule has 5 nitrogen and oxygen atoms in total. The maximum atomic E-state index is 12.4. The lowest BCUT2D eigenvalue weighted by atomic mass is 9.97. The summed E-state index contributed by atoms with van der Waals surface area (Å²) in [7, 11) is 0. The minimum atomic E-state index is 0.0629. The largest absolute Gasteiger partial charge is 0.396 e. The lowest BCUT2D eigenvalue weighted by molar-refractivity contribution is 0.0651. The molecule has 2 aromatic rings. The third kappa shape index (κ3) is 2.33. The van der Waals surface area contributed by atoms with Gasteiger partial charge < -0.3 is 15.0 Å². The molecule has 2 heterocycles. The summed E-state index contributed by atoms with van der Waals surface area (Å²) in [5.41, 5.74) is 2.45. The number of H-pyrrole nitrogens is 1. The fourth-order valence-corrected chi connectivity index (χ4v) is 2.57. The van der Waals surface area contributed by atoms with Gasteiger partial charge in [-0.2, -0.15) is 0 Å². The molecular weight excluding hydrogens is 242 g/mol. The summed E-state index contributed by atoms with van der Waals surface area (Å²) in [6.07, 6.45) is 3.40. The van der Waals surface area contributed by atoms with Gasteiger partial charge in [0.1, 0.15) is 0 Å². The number of likely N-dealkylation sites (tertiary alicyclic amines) is 1. The third-order valence-corrected chi connectivity index (χ3v) is 3.83. The number of benzene rings is 1. The smallest absolute Gasteiger partial charge is 0.253 e. The number of aromatic amines is 1. The fraction of sp³-hybridized carbons (Fsp3) is 0.429. The van der Waals surface area contributed by atoms with E-state index in [4.69, 9.17) is 5.11 Å². The second kappa shape index (κ2) is 5.01. The van der Waals surface area contributed by atoms with Gasteiger partial charge in [-0.1, -0.05) is 0 Å². The van der Waals surface area contributed by atoms with Gasteiger partial charge in [0.15, 0.2) is 0 Å². The van der Waals surface area contributed by atoms with E-state index in [1.54, 1.807) is 6.33 Å². The van der Waals surface area contributed by atoms with E-state index in [0.29, 0.717) is 11.5 Å². The third-order valence-electron chi connectivity index (χ3n) is 3.83. The molecule has 1 aromatic carbocycles. The molecule has 3 rings (SSSR count). The second-order valence-electron chi connectivity index (χ2n) is 5.05. The van der Waals surface area contributed by atoms with Crippen molar-refractivity contribution in [2.75, 3.05) is 19.7 Å². The summed E-state index contributed by atoms with van der Waals surface area (Å²) in [5, 5.41) is 9.11. The van der Waals surface area contributed by atoms with Gasteiger partial charge in [-0.25, -0.2) is 4.98 Å². The van der Waals surface area contributed by atoms with Crippen LogP contribution in [0.3, 0.4) is 0 Å². The number of imidazole rings is 1. The quantitative estimate of drug-likeness (QED) is 0.856. The van der Waals surface area contributed by atoms with E-state index in [0.717, 1.165) is 37.0 Å². The lowest BCUT2D eigenvalue weighted by Crippen LogP contribution is -2.39. The van der Waals surface area contributed by atoms with E-state index in [2.05, 4.69) is 9.97 Å². The predicted molar refractivity (Wildman–Crippen MR) is 71.8 cm³/mol. The van der Waals surface area contributed by atoms with Gasteiger partial charge in [-0.05, 0) is 37.0 Å². The zero-order chi connectivity index (χ0) is 13.2. The Hall–Kier alpha value is -1.88. The summed E-state index contributed by atoms with van der Waals surface area (Å²) in [6, 6.07) is 5.53. The van der Waals surface area contributed by atoms with Crippen molar-refractivity contribution in [1.82, 2.24) is 14.9 Å². The second-order valence-corrected chi connectivity index (χ2v) is 5.05. The monoisotopic (exact) mass is 259 g/mol. The summed E-state index contributed by atoms with van der Waals surface area (Å²) >= 11 is 0. The number of carbonyl (C=O) groups excluding carboxylic acids is 1. The minimum absolute atomic E-state index is 0.0629. The fourth-order valence-electron chi connectivity index (χ4n) is 2.57. The molecule has 0 radical (unpaired) electrons. The van der Waals surface area contributed by atoms with Gasteiger partial charge in [0.25, 0.3) is 5.91 Å². The number of aliphatic hydroxyl groups is 1. The molecule has 1 aromatic heterocycles. The van der Waals surface area contributed by atoms with E-state index >= 15 is 0 Å². The van der Waals surface area contributed by atoms with Crippen LogP contribution in [-0.2, 0) is 0 Å². The molecule has 0 saturated carbocycles. The molecule has 1 saturated heterocycles. The van der Waals surface area contributed by atoms with Crippen LogP contribution in [0.25, 0.3) is 11.0 Å². The normalized spacial score (nSPS) is 17.0. The Kier molecular flexibility index (Phi) is 3.21. The zero-order valence-corrected chi connectivity index (χ0v) is 10.7. The molecule has 0 bridgehead atoms. The van der Waals surface area contributed by atoms with E-state index in [9.17, 15) is 4.79 Å². The van der Waals surface area contributed by atoms with Crippen molar-refractivity contribution in [2.24, 2.45) is 5.92 Å². The summed E-state index contributed by atoms with van der Waals surface area (Å²) in [4.78, 5) is 21.4. The Bertz CT molecular complexity index is 585. The predicted octanol–water partition coefficient (Wildman–Crippen LogP) is 1.41. The highest BCUT2D eigenvalue weighted by Crippen LogP contribution is 2.19. The average Bonchev–Trinajstić information content (AvgIpc) is 2.94. The first kappa shape index (κ1) is 12.2. The topological polar surface area (TPSA) is 69.2 Å². The highest BCUT2D eigenvalue weighted by atomic mass is 16.3. The summed E-state index contributed by atoms with van der Waals surface area (Å²) in [6.45, 7) is 1.68. The van der Waals surface area contributed by atoms with Crippen LogP contribution in [-0.4, -0.2) is 45.6 Å². The molecule has 5 heteroatoms. The highest BCUT2D eigenvalue weighted by Gasteiger charge is 2.23. The standard InChI is InChI=1S/C14H17N3O2/c18-8-10-3-5-17(6-4-10)14(19)11-1-2-12-13(7-11)16-9-15-12/h1-2,7,9-10,18H,3-6,8H2,(H,15,16). The minimum Gasteiger partial charge on any atom is -0.396 e. The number of carbonyl (C=O) groups is 1. The molecule has 0 unspecified atom stereocenters. The molecular formula is C14H17N3O2. The molecule has 1 aliphatic rings. The van der Waals surface area contributed by atoms with Crippen LogP contribution in [0.2, 0.25) is 0 Å². The number of aromatic nitrogens is 2. The SMILES string of the molecule is O=C(c1ccc2nc[nH]c2c1)N1CCC(CO)CC1. The van der Waals surface area contributed by atoms with Gasteiger partial charge in [-0.15, -0.1) is 0 Å². The first-order valence-corrected chi connectivity index (χ1v) is 6.61. The van der Waals surface area contributed by atoms with Crippen molar-refractivity contribution >= 4 is 16.9 Å². The van der Waals surface area contributed by atoms with E-state index in [1.807, 2.05) is 23.1 Å². The maximum absolute atomic E-state index is 12.4. The van der Waals surface area contributed by atoms with Crippen molar-refractivity contribution in [3.8, 4) is 0 Å². The number of rotatable bonds is 2. The molecule has 19 heavy (non-hydrogen) atoms. The molecule has 0 atom stereocenters. The number of hydrogen-bond acceptors (Lipinski definition) is 3. The lowest BCUT2D eigenvalue weighted by Gasteiger charge is -2.31. The van der Waals surface area contributed by atoms with Gasteiger partial charge in [0, 0.05) is 25.3 Å². The van der Waals surface area contributed by atoms with E-state index in [1.165, 1.54) is 0 Å². The number of piperidine rings is 1. The average molecular weight is 259 g/mol. The van der Waals surface area contributed by atoms with Crippen LogP contribution in [0.1, 0.15) is 23.2 Å². The summed E-state index contributed by atoms with van der Waals surface area (Å²) in [5.74, 6) is 0.409. The molecule has 1 amide bonds. The number of hydrogen-bond donors (Lipinski definition) is 2. The Morgan fingerprint density at radius 2 is 2.21 bits per heavy atom. The summed E-state index contributed by atoms with van der Waals surface area (Å²) < 4.78 is 0. The van der Waals surface area contributed by atoms with Crippen molar-refractivity contribution in [3.05, 3.63) is 30.1 Å². The van der Waals surface area contributed by atoms with Crippen molar-refractivity contribution in [3.63, 3.8) is 0 Å². The molecule has 0 spiro atoms. The van der Waals surface area contributed by atoms with Crippen molar-refractivity contribution < 1.29 is 9.90 Å². The van der Waals surface area contributed by atoms with E-state index < -0.39 is 0 Å². The van der Waals surface area contributed by atoms with Gasteiger partial charge in [0.2, 0.25) is 0 Å². The van der Waals surface area contributed by atoms with Crippen LogP contribution in [0, 0.1) is 5.92 Å². The first-order valence-electron chi connectivity index (χ1n) is 6.61. The molecule has 1 aliphatic heterocycles. The number of nitrogens with zero attached hydrogens (tertiary/aromatic N) is 2. The Morgan fingerprint density at radius 3 is 2.95 bits per heavy atom. The molecule has 2 N–H and O–H groups in total. The Morgan fingerprint density at radius 1 is 1.42 bits per heavy atom. The van der Waals surface area contributed by atoms with Gasteiger partial charge in [0.05, 0.1) is 17.4 Å². The number of nitrogens with one attached hydrogen (secondary N) is 1. The van der Waals surface area contributed by atoms with Crippen LogP contribution in [0.15, 0.2) is 24.5 Å². The Labute approximate surface area is 111 Å². The number of fused-ring (bicyclic) bond motifs is 1. The molecule has 1 fully saturated rings. The van der Waals surface area contributed by atoms with Crippen LogP contribution >= 0.6 is 0 Å². The Balaban J connectivity index is 1.76. The maximum Gasteiger partial charge on any atom is 0.253 e. The highest BCUT2D eigenvalue weighted by molar-refractivity contribution is 5.97. The number of aliphatic hydroxyl groups excluding tert-OH is 1.